The Morgan fingerprint density at radius 1 is 1.35 bits per heavy atom. The quantitative estimate of drug-likeness (QED) is 0.662. The molecular formula is C12H22N2O3. The lowest BCUT2D eigenvalue weighted by Gasteiger charge is -2.27. The van der Waals surface area contributed by atoms with Crippen molar-refractivity contribution in [2.45, 2.75) is 45.1 Å². The number of aliphatic carboxylic acids is 1. The molecule has 0 saturated heterocycles. The molecule has 0 aromatic rings. The second-order valence-corrected chi connectivity index (χ2v) is 4.96. The zero-order valence-corrected chi connectivity index (χ0v) is 10.3. The van der Waals surface area contributed by atoms with E-state index in [0.29, 0.717) is 12.5 Å². The predicted molar refractivity (Wildman–Crippen MR) is 64.4 cm³/mol. The van der Waals surface area contributed by atoms with Crippen LogP contribution in [-0.2, 0) is 9.59 Å². The van der Waals surface area contributed by atoms with Gasteiger partial charge in [-0.25, -0.2) is 0 Å². The molecule has 4 N–H and O–H groups in total. The summed E-state index contributed by atoms with van der Waals surface area (Å²) >= 11 is 0. The van der Waals surface area contributed by atoms with Gasteiger partial charge in [0.25, 0.3) is 0 Å². The molecule has 5 heteroatoms. The van der Waals surface area contributed by atoms with Gasteiger partial charge in [0.15, 0.2) is 0 Å². The van der Waals surface area contributed by atoms with Gasteiger partial charge in [0.1, 0.15) is 0 Å². The molecule has 5 nitrogen and oxygen atoms in total. The Balaban J connectivity index is 2.31. The molecule has 0 aliphatic heterocycles. The van der Waals surface area contributed by atoms with Gasteiger partial charge in [-0.3, -0.25) is 9.59 Å². The van der Waals surface area contributed by atoms with Crippen LogP contribution in [0.25, 0.3) is 0 Å². The maximum Gasteiger partial charge on any atom is 0.305 e. The minimum Gasteiger partial charge on any atom is -0.481 e. The summed E-state index contributed by atoms with van der Waals surface area (Å²) in [6.07, 6.45) is 3.72. The first-order valence-electron chi connectivity index (χ1n) is 6.25. The predicted octanol–water partition coefficient (Wildman–Crippen LogP) is 0.731. The molecule has 1 aliphatic carbocycles. The molecule has 98 valence electrons. The van der Waals surface area contributed by atoms with Gasteiger partial charge in [-0.15, -0.1) is 0 Å². The third-order valence-electron chi connectivity index (χ3n) is 3.42. The fourth-order valence-electron chi connectivity index (χ4n) is 2.33. The van der Waals surface area contributed by atoms with E-state index in [2.05, 4.69) is 5.32 Å². The first kappa shape index (κ1) is 14.0. The van der Waals surface area contributed by atoms with E-state index in [1.807, 2.05) is 0 Å². The summed E-state index contributed by atoms with van der Waals surface area (Å²) in [5.74, 6) is -0.302. The molecule has 0 aromatic carbocycles. The molecule has 0 aromatic heterocycles. The number of amides is 1. The van der Waals surface area contributed by atoms with Gasteiger partial charge in [0, 0.05) is 12.0 Å². The third-order valence-corrected chi connectivity index (χ3v) is 3.42. The van der Waals surface area contributed by atoms with Gasteiger partial charge in [-0.2, -0.15) is 0 Å². The maximum absolute atomic E-state index is 11.8. The fourth-order valence-corrected chi connectivity index (χ4v) is 2.33. The number of carboxylic acids is 1. The molecule has 0 spiro atoms. The number of nitrogens with two attached hydrogens (primary N) is 1. The lowest BCUT2D eigenvalue weighted by atomic mass is 9.81. The molecular weight excluding hydrogens is 220 g/mol. The molecule has 1 atom stereocenters. The van der Waals surface area contributed by atoms with Crippen LogP contribution in [0, 0.1) is 11.8 Å². The van der Waals surface area contributed by atoms with E-state index in [-0.39, 0.29) is 24.3 Å². The van der Waals surface area contributed by atoms with Gasteiger partial charge in [-0.05, 0) is 45.1 Å². The molecule has 17 heavy (non-hydrogen) atoms. The Labute approximate surface area is 102 Å². The van der Waals surface area contributed by atoms with E-state index >= 15 is 0 Å². The first-order chi connectivity index (χ1) is 8.02. The Bertz CT molecular complexity index is 273. The monoisotopic (exact) mass is 242 g/mol. The van der Waals surface area contributed by atoms with Crippen LogP contribution in [0.5, 0.6) is 0 Å². The second kappa shape index (κ2) is 6.59. The summed E-state index contributed by atoms with van der Waals surface area (Å²) in [6, 6.07) is -0.299. The molecule has 1 aliphatic rings. The van der Waals surface area contributed by atoms with Gasteiger partial charge in [-0.1, -0.05) is 0 Å². The number of carbonyl (C=O) groups is 2. The number of carboxylic acid groups (broad SMARTS) is 1. The fraction of sp³-hybridized carbons (Fsp3) is 0.833. The van der Waals surface area contributed by atoms with Crippen molar-refractivity contribution in [1.29, 1.82) is 0 Å². The van der Waals surface area contributed by atoms with Crippen LogP contribution in [0.3, 0.4) is 0 Å². The van der Waals surface area contributed by atoms with Crippen molar-refractivity contribution >= 4 is 11.9 Å². The van der Waals surface area contributed by atoms with Crippen LogP contribution in [0.15, 0.2) is 0 Å². The lowest BCUT2D eigenvalue weighted by Crippen LogP contribution is -2.40. The average Bonchev–Trinajstić information content (AvgIpc) is 2.28. The highest BCUT2D eigenvalue weighted by Crippen LogP contribution is 2.28. The molecule has 1 saturated carbocycles. The minimum absolute atomic E-state index is 0.00535. The van der Waals surface area contributed by atoms with E-state index in [1.165, 1.54) is 0 Å². The van der Waals surface area contributed by atoms with E-state index in [1.54, 1.807) is 6.92 Å². The maximum atomic E-state index is 11.8. The molecule has 1 unspecified atom stereocenters. The summed E-state index contributed by atoms with van der Waals surface area (Å²) in [5.41, 5.74) is 5.59. The topological polar surface area (TPSA) is 92.4 Å². The van der Waals surface area contributed by atoms with Crippen molar-refractivity contribution in [2.24, 2.45) is 17.6 Å². The van der Waals surface area contributed by atoms with Crippen LogP contribution in [-0.4, -0.2) is 29.6 Å². The number of rotatable bonds is 5. The minimum atomic E-state index is -0.885. The second-order valence-electron chi connectivity index (χ2n) is 4.96. The molecule has 1 rings (SSSR count). The normalized spacial score (nSPS) is 26.2. The smallest absolute Gasteiger partial charge is 0.305 e. The van der Waals surface area contributed by atoms with Crippen LogP contribution < -0.4 is 11.1 Å². The Morgan fingerprint density at radius 3 is 2.41 bits per heavy atom. The molecule has 0 heterocycles. The zero-order valence-electron chi connectivity index (χ0n) is 10.3. The van der Waals surface area contributed by atoms with Crippen LogP contribution >= 0.6 is 0 Å². The number of hydrogen-bond donors (Lipinski definition) is 3. The van der Waals surface area contributed by atoms with E-state index < -0.39 is 5.97 Å². The highest BCUT2D eigenvalue weighted by molar-refractivity contribution is 5.79. The highest BCUT2D eigenvalue weighted by Gasteiger charge is 2.26. The first-order valence-corrected chi connectivity index (χ1v) is 6.25. The third kappa shape index (κ3) is 4.73. The standard InChI is InChI=1S/C12H22N2O3/c1-8(6-11(15)16)14-12(17)10-4-2-9(7-13)3-5-10/h8-10H,2-7,13H2,1H3,(H,14,17)(H,15,16). The van der Waals surface area contributed by atoms with E-state index in [0.717, 1.165) is 25.7 Å². The van der Waals surface area contributed by atoms with Crippen molar-refractivity contribution in [2.75, 3.05) is 6.54 Å². The van der Waals surface area contributed by atoms with Crippen LogP contribution in [0.4, 0.5) is 0 Å². The molecule has 1 fully saturated rings. The summed E-state index contributed by atoms with van der Waals surface area (Å²) in [7, 11) is 0. The van der Waals surface area contributed by atoms with Gasteiger partial charge >= 0.3 is 5.97 Å². The number of nitrogens with one attached hydrogen (secondary N) is 1. The van der Waals surface area contributed by atoms with Crippen molar-refractivity contribution in [3.8, 4) is 0 Å². The van der Waals surface area contributed by atoms with Crippen molar-refractivity contribution in [3.05, 3.63) is 0 Å². The summed E-state index contributed by atoms with van der Waals surface area (Å²) < 4.78 is 0. The molecule has 0 radical (unpaired) electrons. The molecule has 1 amide bonds. The van der Waals surface area contributed by atoms with Gasteiger partial charge in [0.05, 0.1) is 6.42 Å². The van der Waals surface area contributed by atoms with Crippen molar-refractivity contribution in [3.63, 3.8) is 0 Å². The number of hydrogen-bond acceptors (Lipinski definition) is 3. The van der Waals surface area contributed by atoms with E-state index in [4.69, 9.17) is 10.8 Å². The Kier molecular flexibility index (Phi) is 5.41. The highest BCUT2D eigenvalue weighted by atomic mass is 16.4. The van der Waals surface area contributed by atoms with Gasteiger partial charge < -0.3 is 16.2 Å². The van der Waals surface area contributed by atoms with Crippen molar-refractivity contribution in [1.82, 2.24) is 5.32 Å². The number of carbonyl (C=O) groups excluding carboxylic acids is 1. The summed E-state index contributed by atoms with van der Waals surface area (Å²) in [4.78, 5) is 22.3. The zero-order chi connectivity index (χ0) is 12.8. The summed E-state index contributed by atoms with van der Waals surface area (Å²) in [6.45, 7) is 2.42. The van der Waals surface area contributed by atoms with Crippen LogP contribution in [0.2, 0.25) is 0 Å². The largest absolute Gasteiger partial charge is 0.481 e. The Hall–Kier alpha value is -1.10. The summed E-state index contributed by atoms with van der Waals surface area (Å²) in [5, 5.41) is 11.4. The van der Waals surface area contributed by atoms with Crippen LogP contribution in [0.1, 0.15) is 39.0 Å². The SMILES string of the molecule is CC(CC(=O)O)NC(=O)C1CCC(CN)CC1. The van der Waals surface area contributed by atoms with Crippen molar-refractivity contribution < 1.29 is 14.7 Å². The van der Waals surface area contributed by atoms with E-state index in [9.17, 15) is 9.59 Å². The van der Waals surface area contributed by atoms with Gasteiger partial charge in [0.2, 0.25) is 5.91 Å². The lowest BCUT2D eigenvalue weighted by molar-refractivity contribution is -0.137. The Morgan fingerprint density at radius 2 is 1.94 bits per heavy atom. The average molecular weight is 242 g/mol. The molecule has 0 bridgehead atoms.